The van der Waals surface area contributed by atoms with Crippen molar-refractivity contribution in [1.29, 1.82) is 0 Å². The van der Waals surface area contributed by atoms with Gasteiger partial charge in [-0.25, -0.2) is 9.59 Å². The number of esters is 1. The van der Waals surface area contributed by atoms with Gasteiger partial charge in [0, 0.05) is 32.0 Å². The molecule has 0 aromatic rings. The first-order valence-electron chi connectivity index (χ1n) is 21.3. The molecule has 350 valence electrons. The van der Waals surface area contributed by atoms with Crippen LogP contribution < -0.4 is 0 Å². The van der Waals surface area contributed by atoms with Crippen LogP contribution in [0.5, 0.6) is 0 Å². The number of methoxy groups -OCH3 is 1. The number of carboxylic acids is 1. The molecule has 0 bridgehead atoms. The summed E-state index contributed by atoms with van der Waals surface area (Å²) >= 11 is 0. The maximum absolute atomic E-state index is 14.4. The van der Waals surface area contributed by atoms with Crippen LogP contribution in [0.2, 0.25) is 0 Å². The molecular weight excluding hydrogens is 788 g/mol. The molecule has 3 rings (SSSR count). The summed E-state index contributed by atoms with van der Waals surface area (Å²) in [6.45, 7) is 18.6. The number of aliphatic hydroxyl groups is 4. The van der Waals surface area contributed by atoms with Gasteiger partial charge in [0.05, 0.1) is 47.6 Å². The van der Waals surface area contributed by atoms with Crippen molar-refractivity contribution in [3.8, 4) is 0 Å². The SMILES string of the molecule is CC[C@H]1OC(=O)[C@H](C)[C@@H](O[C@H]2C[C@@](C)(OC)[C@@H](O)[C@H](C)O2)[C@H](C)[C@@H](O[C@@H]2O[C@H](C)C[C@H](N(C)C)[C@H]2OC(=O)O[C@H](C)C(=O)O)[C@](C)(O)C[C@@H](C)CN(C)[C@H](C)[C@@H](O)[C@]1(C)O. The van der Waals surface area contributed by atoms with E-state index >= 15 is 0 Å². The molecule has 0 aromatic carbocycles. The van der Waals surface area contributed by atoms with Gasteiger partial charge < -0.3 is 73.2 Å². The first kappa shape index (κ1) is 52.1. The molecule has 0 aromatic heterocycles. The molecule has 60 heavy (non-hydrogen) atoms. The minimum absolute atomic E-state index is 0.0578. The van der Waals surface area contributed by atoms with Gasteiger partial charge in [0.1, 0.15) is 23.9 Å². The summed E-state index contributed by atoms with van der Waals surface area (Å²) in [6.07, 6.45) is -12.6. The third-order valence-electron chi connectivity index (χ3n) is 13.0. The van der Waals surface area contributed by atoms with E-state index in [9.17, 15) is 39.9 Å². The average Bonchev–Trinajstić information content (AvgIpc) is 3.15. The van der Waals surface area contributed by atoms with Crippen LogP contribution in [-0.4, -0.2) is 185 Å². The normalized spacial score (nSPS) is 44.9. The number of carbonyl (C=O) groups is 3. The highest BCUT2D eigenvalue weighted by Gasteiger charge is 2.53. The fourth-order valence-electron chi connectivity index (χ4n) is 9.18. The van der Waals surface area contributed by atoms with Gasteiger partial charge in [-0.1, -0.05) is 20.8 Å². The molecule has 3 aliphatic heterocycles. The molecule has 0 saturated carbocycles. The minimum Gasteiger partial charge on any atom is -0.479 e. The Balaban J connectivity index is 2.24. The van der Waals surface area contributed by atoms with E-state index < -0.39 is 126 Å². The summed E-state index contributed by atoms with van der Waals surface area (Å²) < 4.78 is 48.8. The molecule has 5 N–H and O–H groups in total. The molecule has 3 heterocycles. The van der Waals surface area contributed by atoms with Gasteiger partial charge >= 0.3 is 18.1 Å². The number of hydrogen-bond acceptors (Lipinski definition) is 17. The van der Waals surface area contributed by atoms with Crippen molar-refractivity contribution in [2.45, 2.75) is 198 Å². The summed E-state index contributed by atoms with van der Waals surface area (Å²) in [5, 5.41) is 56.5. The first-order valence-corrected chi connectivity index (χ1v) is 21.3. The number of likely N-dealkylation sites (N-methyl/N-ethyl adjacent to an activating group) is 2. The standard InChI is InChI=1S/C42H76N2O16/c1-16-29-42(11,52)33(45)25(6)44(14)20-21(2)18-40(9,51)35(60-38-32(28(43(12)13)17-22(3)54-38)59-39(50)56-27(8)36(47)48)23(4)31(24(5)37(49)57-29)58-30-19-41(10,53-15)34(46)26(7)55-30/h21-35,38,45-46,51-52H,16-20H2,1-15H3,(H,47,48)/t21-,22-,23+,24-,25-,26+,27-,28+,29-,30+,31+,32-,33-,34+,35-,38+,40-,41-,42-/m1/s1. The zero-order valence-corrected chi connectivity index (χ0v) is 38.4. The molecule has 0 unspecified atom stereocenters. The van der Waals surface area contributed by atoms with E-state index in [1.54, 1.807) is 69.6 Å². The highest BCUT2D eigenvalue weighted by Crippen LogP contribution is 2.40. The molecule has 0 radical (unpaired) electrons. The molecule has 0 aliphatic carbocycles. The number of carbonyl (C=O) groups excluding carboxylic acids is 2. The molecule has 3 aliphatic rings. The summed E-state index contributed by atoms with van der Waals surface area (Å²) in [7, 11) is 6.84. The summed E-state index contributed by atoms with van der Waals surface area (Å²) in [5.41, 5.74) is -4.68. The summed E-state index contributed by atoms with van der Waals surface area (Å²) in [4.78, 5) is 42.7. The Morgan fingerprint density at radius 2 is 1.58 bits per heavy atom. The lowest BCUT2D eigenvalue weighted by molar-refractivity contribution is -0.318. The number of hydrogen-bond donors (Lipinski definition) is 5. The number of aliphatic carboxylic acids is 1. The van der Waals surface area contributed by atoms with E-state index in [2.05, 4.69) is 0 Å². The van der Waals surface area contributed by atoms with Crippen molar-refractivity contribution in [3.05, 3.63) is 0 Å². The van der Waals surface area contributed by atoms with Gasteiger partial charge in [0.25, 0.3) is 0 Å². The van der Waals surface area contributed by atoms with Crippen molar-refractivity contribution >= 4 is 18.1 Å². The van der Waals surface area contributed by atoms with Crippen LogP contribution in [0.1, 0.15) is 102 Å². The maximum atomic E-state index is 14.4. The lowest BCUT2D eigenvalue weighted by atomic mass is 9.77. The van der Waals surface area contributed by atoms with Gasteiger partial charge in [0.15, 0.2) is 24.8 Å². The zero-order chi connectivity index (χ0) is 45.8. The Hall–Kier alpha value is -2.23. The minimum atomic E-state index is -1.87. The van der Waals surface area contributed by atoms with Crippen LogP contribution in [0, 0.1) is 17.8 Å². The van der Waals surface area contributed by atoms with E-state index in [4.69, 9.17) is 37.9 Å². The first-order chi connectivity index (χ1) is 27.6. The largest absolute Gasteiger partial charge is 0.509 e. The molecule has 0 amide bonds. The molecule has 18 heteroatoms. The number of carboxylic acid groups (broad SMARTS) is 1. The zero-order valence-electron chi connectivity index (χ0n) is 38.4. The fraction of sp³-hybridized carbons (Fsp3) is 0.929. The molecule has 3 fully saturated rings. The van der Waals surface area contributed by atoms with Crippen LogP contribution in [0.4, 0.5) is 4.79 Å². The predicted octanol–water partition coefficient (Wildman–Crippen LogP) is 2.53. The number of nitrogens with zero attached hydrogens (tertiary/aromatic N) is 2. The van der Waals surface area contributed by atoms with Gasteiger partial charge in [-0.05, 0) is 102 Å². The third kappa shape index (κ3) is 12.3. The summed E-state index contributed by atoms with van der Waals surface area (Å²) in [6, 6.07) is -1.12. The van der Waals surface area contributed by atoms with Crippen molar-refractivity contribution < 1.29 is 77.8 Å². The number of rotatable bonds is 10. The summed E-state index contributed by atoms with van der Waals surface area (Å²) in [5.74, 6) is -4.41. The molecule has 18 nitrogen and oxygen atoms in total. The van der Waals surface area contributed by atoms with E-state index in [1.807, 2.05) is 23.6 Å². The lowest BCUT2D eigenvalue weighted by Crippen LogP contribution is -2.61. The topological polar surface area (TPSA) is 233 Å². The van der Waals surface area contributed by atoms with Gasteiger partial charge in [-0.3, -0.25) is 4.79 Å². The van der Waals surface area contributed by atoms with E-state index in [-0.39, 0.29) is 25.2 Å². The second-order valence-corrected chi connectivity index (χ2v) is 18.6. The Bertz CT molecular complexity index is 1420. The second kappa shape index (κ2) is 21.0. The molecule has 19 atom stereocenters. The Morgan fingerprint density at radius 3 is 2.13 bits per heavy atom. The maximum Gasteiger partial charge on any atom is 0.509 e. The highest BCUT2D eigenvalue weighted by atomic mass is 16.8. The second-order valence-electron chi connectivity index (χ2n) is 18.6. The highest BCUT2D eigenvalue weighted by molar-refractivity contribution is 5.75. The van der Waals surface area contributed by atoms with Crippen molar-refractivity contribution in [2.75, 3.05) is 34.8 Å². The Labute approximate surface area is 356 Å². The van der Waals surface area contributed by atoms with Gasteiger partial charge in [-0.2, -0.15) is 0 Å². The molecule has 3 saturated heterocycles. The van der Waals surface area contributed by atoms with Crippen LogP contribution in [0.3, 0.4) is 0 Å². The van der Waals surface area contributed by atoms with Gasteiger partial charge in [-0.15, -0.1) is 0 Å². The number of aliphatic hydroxyl groups excluding tert-OH is 2. The van der Waals surface area contributed by atoms with Crippen LogP contribution >= 0.6 is 0 Å². The van der Waals surface area contributed by atoms with E-state index in [1.165, 1.54) is 21.0 Å². The monoisotopic (exact) mass is 865 g/mol. The number of ether oxygens (including phenoxy) is 8. The van der Waals surface area contributed by atoms with Gasteiger partial charge in [0.2, 0.25) is 0 Å². The van der Waals surface area contributed by atoms with Crippen molar-refractivity contribution in [1.82, 2.24) is 9.80 Å². The Kier molecular flexibility index (Phi) is 18.2. The van der Waals surface area contributed by atoms with Crippen LogP contribution in [-0.2, 0) is 47.5 Å². The lowest BCUT2D eigenvalue weighted by Gasteiger charge is -2.49. The molecule has 0 spiro atoms. The average molecular weight is 865 g/mol. The third-order valence-corrected chi connectivity index (χ3v) is 13.0. The fourth-order valence-corrected chi connectivity index (χ4v) is 9.18. The number of cyclic esters (lactones) is 1. The quantitative estimate of drug-likeness (QED) is 0.199. The van der Waals surface area contributed by atoms with Crippen LogP contribution in [0.15, 0.2) is 0 Å². The van der Waals surface area contributed by atoms with E-state index in [0.29, 0.717) is 13.0 Å². The van der Waals surface area contributed by atoms with Crippen molar-refractivity contribution in [3.63, 3.8) is 0 Å². The van der Waals surface area contributed by atoms with E-state index in [0.717, 1.165) is 0 Å². The smallest absolute Gasteiger partial charge is 0.479 e. The predicted molar refractivity (Wildman–Crippen MR) is 217 cm³/mol. The van der Waals surface area contributed by atoms with Crippen molar-refractivity contribution in [2.24, 2.45) is 17.8 Å². The van der Waals surface area contributed by atoms with Crippen LogP contribution in [0.25, 0.3) is 0 Å². The Morgan fingerprint density at radius 1 is 0.967 bits per heavy atom. The molecular formula is C42H76N2O16.